The lowest BCUT2D eigenvalue weighted by Gasteiger charge is -2.07. The van der Waals surface area contributed by atoms with Gasteiger partial charge in [-0.3, -0.25) is 14.2 Å². The lowest BCUT2D eigenvalue weighted by Crippen LogP contribution is -2.21. The molecular formula is C19H16N6O2. The molecule has 27 heavy (non-hydrogen) atoms. The Morgan fingerprint density at radius 1 is 1.11 bits per heavy atom. The fraction of sp³-hybridized carbons (Fsp3) is 0.105. The molecule has 1 amide bonds. The van der Waals surface area contributed by atoms with Crippen molar-refractivity contribution in [1.29, 1.82) is 0 Å². The van der Waals surface area contributed by atoms with Crippen molar-refractivity contribution in [1.82, 2.24) is 24.1 Å². The largest absolute Gasteiger partial charge is 0.350 e. The number of hydrogen-bond donors (Lipinski definition) is 1. The van der Waals surface area contributed by atoms with Crippen LogP contribution in [0.1, 0.15) is 21.7 Å². The number of fused-ring (bicyclic) bond motifs is 1. The van der Waals surface area contributed by atoms with Crippen molar-refractivity contribution in [2.24, 2.45) is 0 Å². The van der Waals surface area contributed by atoms with Gasteiger partial charge in [-0.2, -0.15) is 0 Å². The fourth-order valence-corrected chi connectivity index (χ4v) is 2.70. The van der Waals surface area contributed by atoms with Gasteiger partial charge < -0.3 is 5.32 Å². The summed E-state index contributed by atoms with van der Waals surface area (Å²) in [5, 5.41) is 7.11. The van der Waals surface area contributed by atoms with Gasteiger partial charge in [-0.15, -0.1) is 5.10 Å². The molecule has 8 heteroatoms. The first kappa shape index (κ1) is 16.6. The van der Waals surface area contributed by atoms with Gasteiger partial charge in [0.25, 0.3) is 5.91 Å². The molecule has 8 nitrogen and oxygen atoms in total. The molecule has 0 aliphatic carbocycles. The highest BCUT2D eigenvalue weighted by atomic mass is 16.2. The maximum Gasteiger partial charge on any atom is 0.350 e. The van der Waals surface area contributed by atoms with Crippen LogP contribution in [0.15, 0.2) is 65.8 Å². The second kappa shape index (κ2) is 6.83. The smallest absolute Gasteiger partial charge is 0.321 e. The lowest BCUT2D eigenvalue weighted by molar-refractivity contribution is 0.102. The third-order valence-electron chi connectivity index (χ3n) is 4.02. The van der Waals surface area contributed by atoms with Crippen LogP contribution in [-0.2, 0) is 6.54 Å². The molecule has 1 aromatic carbocycles. The number of hydrogen-bond acceptors (Lipinski definition) is 5. The number of amides is 1. The average molecular weight is 360 g/mol. The Bertz CT molecular complexity index is 1180. The molecule has 3 heterocycles. The minimum absolute atomic E-state index is 0.213. The van der Waals surface area contributed by atoms with Gasteiger partial charge in [-0.05, 0) is 36.8 Å². The molecule has 0 saturated heterocycles. The first-order chi connectivity index (χ1) is 13.1. The molecule has 0 radical (unpaired) electrons. The molecule has 0 aliphatic heterocycles. The van der Waals surface area contributed by atoms with Crippen LogP contribution < -0.4 is 11.0 Å². The van der Waals surface area contributed by atoms with Gasteiger partial charge in [0, 0.05) is 18.1 Å². The Balaban J connectivity index is 1.55. The number of nitrogens with one attached hydrogen (secondary N) is 1. The standard InChI is InChI=1S/C19H16N6O2/c1-13-10-21-16(11-20-13)18(26)22-15-6-4-5-14(9-15)12-25-19(27)24-8-3-2-7-17(24)23-25/h2-11H,12H2,1H3,(H,22,26). The third-order valence-corrected chi connectivity index (χ3v) is 4.02. The average Bonchev–Trinajstić information content (AvgIpc) is 2.98. The van der Waals surface area contributed by atoms with Crippen LogP contribution >= 0.6 is 0 Å². The van der Waals surface area contributed by atoms with E-state index in [1.165, 1.54) is 15.3 Å². The maximum absolute atomic E-state index is 12.4. The number of pyridine rings is 1. The van der Waals surface area contributed by atoms with E-state index in [4.69, 9.17) is 0 Å². The number of carbonyl (C=O) groups excluding carboxylic acids is 1. The van der Waals surface area contributed by atoms with Gasteiger partial charge in [0.15, 0.2) is 5.65 Å². The molecule has 0 fully saturated rings. The summed E-state index contributed by atoms with van der Waals surface area (Å²) in [4.78, 5) is 32.8. The second-order valence-corrected chi connectivity index (χ2v) is 6.07. The molecular weight excluding hydrogens is 344 g/mol. The van der Waals surface area contributed by atoms with Gasteiger partial charge >= 0.3 is 5.69 Å². The van der Waals surface area contributed by atoms with Crippen LogP contribution in [0.4, 0.5) is 5.69 Å². The molecule has 1 N–H and O–H groups in total. The van der Waals surface area contributed by atoms with E-state index in [0.717, 1.165) is 11.3 Å². The normalized spacial score (nSPS) is 10.9. The Morgan fingerprint density at radius 3 is 2.78 bits per heavy atom. The fourth-order valence-electron chi connectivity index (χ4n) is 2.70. The maximum atomic E-state index is 12.4. The summed E-state index contributed by atoms with van der Waals surface area (Å²) in [5.41, 5.74) is 2.80. The molecule has 0 unspecified atom stereocenters. The lowest BCUT2D eigenvalue weighted by atomic mass is 10.2. The van der Waals surface area contributed by atoms with E-state index < -0.39 is 0 Å². The van der Waals surface area contributed by atoms with E-state index in [0.29, 0.717) is 17.9 Å². The van der Waals surface area contributed by atoms with Crippen molar-refractivity contribution in [2.45, 2.75) is 13.5 Å². The minimum Gasteiger partial charge on any atom is -0.321 e. The van der Waals surface area contributed by atoms with Crippen LogP contribution in [0.5, 0.6) is 0 Å². The highest BCUT2D eigenvalue weighted by molar-refractivity contribution is 6.02. The van der Waals surface area contributed by atoms with Gasteiger partial charge in [-0.25, -0.2) is 14.5 Å². The molecule has 0 aliphatic rings. The van der Waals surface area contributed by atoms with E-state index in [1.54, 1.807) is 43.6 Å². The Labute approximate surface area is 154 Å². The Hall–Kier alpha value is -3.81. The van der Waals surface area contributed by atoms with E-state index in [9.17, 15) is 9.59 Å². The van der Waals surface area contributed by atoms with E-state index in [-0.39, 0.29) is 17.3 Å². The van der Waals surface area contributed by atoms with Crippen molar-refractivity contribution in [2.75, 3.05) is 5.32 Å². The monoisotopic (exact) mass is 360 g/mol. The zero-order valence-corrected chi connectivity index (χ0v) is 14.5. The molecule has 134 valence electrons. The highest BCUT2D eigenvalue weighted by Crippen LogP contribution is 2.12. The molecule has 3 aromatic heterocycles. The summed E-state index contributed by atoms with van der Waals surface area (Å²) in [6.07, 6.45) is 4.66. The van der Waals surface area contributed by atoms with Gasteiger partial charge in [0.2, 0.25) is 0 Å². The van der Waals surface area contributed by atoms with E-state index >= 15 is 0 Å². The van der Waals surface area contributed by atoms with Crippen molar-refractivity contribution in [3.05, 3.63) is 88.5 Å². The number of benzene rings is 1. The summed E-state index contributed by atoms with van der Waals surface area (Å²) in [7, 11) is 0. The molecule has 4 rings (SSSR count). The van der Waals surface area contributed by atoms with Gasteiger partial charge in [0.05, 0.1) is 18.4 Å². The van der Waals surface area contributed by atoms with Gasteiger partial charge in [-0.1, -0.05) is 18.2 Å². The van der Waals surface area contributed by atoms with Crippen LogP contribution in [-0.4, -0.2) is 30.1 Å². The van der Waals surface area contributed by atoms with Crippen LogP contribution in [0.2, 0.25) is 0 Å². The molecule has 4 aromatic rings. The zero-order valence-electron chi connectivity index (χ0n) is 14.5. The van der Waals surface area contributed by atoms with Crippen molar-refractivity contribution < 1.29 is 4.79 Å². The number of aromatic nitrogens is 5. The highest BCUT2D eigenvalue weighted by Gasteiger charge is 2.10. The van der Waals surface area contributed by atoms with Crippen LogP contribution in [0.3, 0.4) is 0 Å². The summed E-state index contributed by atoms with van der Waals surface area (Å²) >= 11 is 0. The number of nitrogens with zero attached hydrogens (tertiary/aromatic N) is 5. The summed E-state index contributed by atoms with van der Waals surface area (Å²) < 4.78 is 2.88. The Kier molecular flexibility index (Phi) is 4.21. The first-order valence-corrected chi connectivity index (χ1v) is 8.33. The predicted molar refractivity (Wildman–Crippen MR) is 99.7 cm³/mol. The summed E-state index contributed by atoms with van der Waals surface area (Å²) in [6.45, 7) is 2.11. The predicted octanol–water partition coefficient (Wildman–Crippen LogP) is 1.90. The van der Waals surface area contributed by atoms with Crippen molar-refractivity contribution >= 4 is 17.2 Å². The van der Waals surface area contributed by atoms with Crippen molar-refractivity contribution in [3.63, 3.8) is 0 Å². The van der Waals surface area contributed by atoms with E-state index in [2.05, 4.69) is 20.4 Å². The minimum atomic E-state index is -0.343. The SMILES string of the molecule is Cc1cnc(C(=O)Nc2cccc(Cn3nc4ccccn4c3=O)c2)cn1. The topological polar surface area (TPSA) is 94.2 Å². The molecule has 0 spiro atoms. The number of carbonyl (C=O) groups is 1. The number of aryl methyl sites for hydroxylation is 1. The number of anilines is 1. The molecule has 0 bridgehead atoms. The first-order valence-electron chi connectivity index (χ1n) is 8.33. The van der Waals surface area contributed by atoms with Crippen molar-refractivity contribution in [3.8, 4) is 0 Å². The van der Waals surface area contributed by atoms with Crippen LogP contribution in [0.25, 0.3) is 5.65 Å². The summed E-state index contributed by atoms with van der Waals surface area (Å²) in [5.74, 6) is -0.343. The zero-order chi connectivity index (χ0) is 18.8. The third kappa shape index (κ3) is 3.45. The molecule has 0 atom stereocenters. The number of rotatable bonds is 4. The second-order valence-electron chi connectivity index (χ2n) is 6.07. The van der Waals surface area contributed by atoms with Crippen LogP contribution in [0, 0.1) is 6.92 Å². The summed E-state index contributed by atoms with van der Waals surface area (Å²) in [6, 6.07) is 12.6. The quantitative estimate of drug-likeness (QED) is 0.600. The van der Waals surface area contributed by atoms with Gasteiger partial charge in [0.1, 0.15) is 5.69 Å². The molecule has 0 saturated carbocycles. The Morgan fingerprint density at radius 2 is 2.00 bits per heavy atom. The van der Waals surface area contributed by atoms with E-state index in [1.807, 2.05) is 18.2 Å².